The Morgan fingerprint density at radius 2 is 2.25 bits per heavy atom. The molecule has 1 atom stereocenters. The summed E-state index contributed by atoms with van der Waals surface area (Å²) in [4.78, 5) is 4.11. The number of ether oxygens (including phenoxy) is 1. The number of nitrogens with zero attached hydrogens (tertiary/aromatic N) is 1. The highest BCUT2D eigenvalue weighted by Gasteiger charge is 2.05. The highest BCUT2D eigenvalue weighted by atomic mass is 35.5. The summed E-state index contributed by atoms with van der Waals surface area (Å²) in [6.45, 7) is 5.02. The number of hydrogen-bond donors (Lipinski definition) is 0. The normalized spacial score (nSPS) is 12.5. The Labute approximate surface area is 107 Å². The van der Waals surface area contributed by atoms with E-state index in [0.29, 0.717) is 29.3 Å². The van der Waals surface area contributed by atoms with Crippen LogP contribution in [0, 0.1) is 5.92 Å². The van der Waals surface area contributed by atoms with Crippen molar-refractivity contribution in [1.82, 2.24) is 4.98 Å². The summed E-state index contributed by atoms with van der Waals surface area (Å²) in [6, 6.07) is 1.80. The number of alkyl halides is 1. The summed E-state index contributed by atoms with van der Waals surface area (Å²) in [7, 11) is 0. The molecule has 1 aromatic rings. The second-order valence-corrected chi connectivity index (χ2v) is 4.63. The molecule has 0 aromatic carbocycles. The van der Waals surface area contributed by atoms with Crippen LogP contribution in [0.5, 0.6) is 5.88 Å². The highest BCUT2D eigenvalue weighted by molar-refractivity contribution is 6.32. The van der Waals surface area contributed by atoms with Crippen LogP contribution in [0.2, 0.25) is 5.02 Å². The molecule has 90 valence electrons. The molecule has 0 amide bonds. The Morgan fingerprint density at radius 3 is 2.88 bits per heavy atom. The van der Waals surface area contributed by atoms with Gasteiger partial charge in [-0.3, -0.25) is 0 Å². The minimum Gasteiger partial charge on any atom is -0.477 e. The fourth-order valence-electron chi connectivity index (χ4n) is 1.44. The molecular weight excluding hydrogens is 245 g/mol. The summed E-state index contributed by atoms with van der Waals surface area (Å²) in [5.74, 6) is 1.52. The van der Waals surface area contributed by atoms with E-state index < -0.39 is 0 Å². The molecule has 1 unspecified atom stereocenters. The first kappa shape index (κ1) is 13.6. The summed E-state index contributed by atoms with van der Waals surface area (Å²) in [5.41, 5.74) is 0.858. The first-order valence-electron chi connectivity index (χ1n) is 5.50. The lowest BCUT2D eigenvalue weighted by Crippen LogP contribution is -2.09. The Morgan fingerprint density at radius 1 is 1.50 bits per heavy atom. The van der Waals surface area contributed by atoms with Gasteiger partial charge in [0.25, 0.3) is 0 Å². The molecule has 0 aliphatic rings. The summed E-state index contributed by atoms with van der Waals surface area (Å²) in [5, 5.41) is 0.587. The van der Waals surface area contributed by atoms with Crippen molar-refractivity contribution < 1.29 is 4.74 Å². The van der Waals surface area contributed by atoms with Crippen molar-refractivity contribution in [3.8, 4) is 5.88 Å². The maximum atomic E-state index is 5.91. The van der Waals surface area contributed by atoms with Crippen LogP contribution in [0.15, 0.2) is 12.3 Å². The molecule has 1 rings (SSSR count). The summed E-state index contributed by atoms with van der Waals surface area (Å²) < 4.78 is 5.59. The van der Waals surface area contributed by atoms with E-state index in [2.05, 4.69) is 18.8 Å². The number of hydrogen-bond acceptors (Lipinski definition) is 2. The molecule has 0 spiro atoms. The molecule has 4 heteroatoms. The molecule has 0 N–H and O–H groups in total. The Balaban J connectivity index is 2.54. The van der Waals surface area contributed by atoms with Crippen LogP contribution in [0.1, 0.15) is 32.3 Å². The second-order valence-electron chi connectivity index (χ2n) is 3.95. The number of halogens is 2. The smallest absolute Gasteiger partial charge is 0.213 e. The quantitative estimate of drug-likeness (QED) is 0.713. The van der Waals surface area contributed by atoms with Crippen LogP contribution in [0.3, 0.4) is 0 Å². The lowest BCUT2D eigenvalue weighted by atomic mass is 10.1. The van der Waals surface area contributed by atoms with Gasteiger partial charge in [-0.05, 0) is 17.9 Å². The average Bonchev–Trinajstić information content (AvgIpc) is 2.28. The van der Waals surface area contributed by atoms with Gasteiger partial charge in [-0.1, -0.05) is 31.9 Å². The third-order valence-corrected chi connectivity index (χ3v) is 2.98. The molecule has 0 saturated carbocycles. The lowest BCUT2D eigenvalue weighted by molar-refractivity contribution is 0.243. The van der Waals surface area contributed by atoms with Crippen LogP contribution in [-0.4, -0.2) is 11.6 Å². The van der Waals surface area contributed by atoms with Crippen molar-refractivity contribution in [2.45, 2.75) is 32.6 Å². The minimum atomic E-state index is 0.377. The van der Waals surface area contributed by atoms with E-state index in [-0.39, 0.29) is 0 Å². The van der Waals surface area contributed by atoms with Gasteiger partial charge in [0, 0.05) is 18.1 Å². The Hall–Kier alpha value is -0.470. The molecular formula is C12H17Cl2NO. The monoisotopic (exact) mass is 261 g/mol. The average molecular weight is 262 g/mol. The van der Waals surface area contributed by atoms with Crippen molar-refractivity contribution in [3.05, 3.63) is 22.8 Å². The van der Waals surface area contributed by atoms with Gasteiger partial charge in [0.2, 0.25) is 5.88 Å². The lowest BCUT2D eigenvalue weighted by Gasteiger charge is -2.12. The zero-order chi connectivity index (χ0) is 12.0. The van der Waals surface area contributed by atoms with Gasteiger partial charge in [-0.2, -0.15) is 0 Å². The SMILES string of the molecule is CCCC(C)COc1cc(CCl)c(Cl)cn1. The van der Waals surface area contributed by atoms with E-state index in [1.165, 1.54) is 6.42 Å². The maximum absolute atomic E-state index is 5.91. The topological polar surface area (TPSA) is 22.1 Å². The predicted molar refractivity (Wildman–Crippen MR) is 68.4 cm³/mol. The number of aromatic nitrogens is 1. The molecule has 0 aliphatic heterocycles. The second kappa shape index (κ2) is 6.97. The van der Waals surface area contributed by atoms with Crippen molar-refractivity contribution in [2.24, 2.45) is 5.92 Å². The molecule has 1 aromatic heterocycles. The van der Waals surface area contributed by atoms with E-state index >= 15 is 0 Å². The van der Waals surface area contributed by atoms with Crippen LogP contribution in [0.4, 0.5) is 0 Å². The van der Waals surface area contributed by atoms with E-state index in [0.717, 1.165) is 12.0 Å². The fraction of sp³-hybridized carbons (Fsp3) is 0.583. The summed E-state index contributed by atoms with van der Waals surface area (Å²) >= 11 is 11.7. The van der Waals surface area contributed by atoms with Crippen LogP contribution < -0.4 is 4.74 Å². The van der Waals surface area contributed by atoms with Crippen LogP contribution >= 0.6 is 23.2 Å². The third-order valence-electron chi connectivity index (χ3n) is 2.35. The zero-order valence-electron chi connectivity index (χ0n) is 9.67. The molecule has 1 heterocycles. The van der Waals surface area contributed by atoms with Gasteiger partial charge in [0.1, 0.15) is 0 Å². The van der Waals surface area contributed by atoms with Gasteiger partial charge in [-0.25, -0.2) is 4.98 Å². The van der Waals surface area contributed by atoms with Crippen LogP contribution in [0.25, 0.3) is 0 Å². The number of pyridine rings is 1. The minimum absolute atomic E-state index is 0.377. The van der Waals surface area contributed by atoms with Gasteiger partial charge < -0.3 is 4.74 Å². The molecule has 0 bridgehead atoms. The van der Waals surface area contributed by atoms with E-state index in [1.54, 1.807) is 12.3 Å². The number of rotatable bonds is 6. The first-order valence-corrected chi connectivity index (χ1v) is 6.41. The molecule has 2 nitrogen and oxygen atoms in total. The molecule has 0 saturated heterocycles. The van der Waals surface area contributed by atoms with Crippen molar-refractivity contribution in [1.29, 1.82) is 0 Å². The fourth-order valence-corrected chi connectivity index (χ4v) is 1.90. The van der Waals surface area contributed by atoms with Crippen LogP contribution in [-0.2, 0) is 5.88 Å². The molecule has 16 heavy (non-hydrogen) atoms. The van der Waals surface area contributed by atoms with Gasteiger partial charge >= 0.3 is 0 Å². The van der Waals surface area contributed by atoms with E-state index in [4.69, 9.17) is 27.9 Å². The molecule has 0 aliphatic carbocycles. The standard InChI is InChI=1S/C12H17Cl2NO/c1-3-4-9(2)8-16-12-5-10(6-13)11(14)7-15-12/h5,7,9H,3-4,6,8H2,1-2H3. The molecule has 0 radical (unpaired) electrons. The molecule has 0 fully saturated rings. The van der Waals surface area contributed by atoms with Crippen molar-refractivity contribution >= 4 is 23.2 Å². The van der Waals surface area contributed by atoms with Gasteiger partial charge in [0.05, 0.1) is 11.6 Å². The predicted octanol–water partition coefficient (Wildman–Crippen LogP) is 4.29. The largest absolute Gasteiger partial charge is 0.477 e. The Bertz CT molecular complexity index is 331. The highest BCUT2D eigenvalue weighted by Crippen LogP contribution is 2.21. The van der Waals surface area contributed by atoms with Gasteiger partial charge in [0.15, 0.2) is 0 Å². The van der Waals surface area contributed by atoms with Crippen molar-refractivity contribution in [3.63, 3.8) is 0 Å². The Kier molecular flexibility index (Phi) is 5.93. The first-order chi connectivity index (χ1) is 7.67. The zero-order valence-corrected chi connectivity index (χ0v) is 11.2. The maximum Gasteiger partial charge on any atom is 0.213 e. The third kappa shape index (κ3) is 4.18. The van der Waals surface area contributed by atoms with Gasteiger partial charge in [-0.15, -0.1) is 11.6 Å². The van der Waals surface area contributed by atoms with E-state index in [9.17, 15) is 0 Å². The summed E-state index contributed by atoms with van der Waals surface area (Å²) in [6.07, 6.45) is 3.92. The van der Waals surface area contributed by atoms with E-state index in [1.807, 2.05) is 0 Å². The van der Waals surface area contributed by atoms with Crippen molar-refractivity contribution in [2.75, 3.05) is 6.61 Å².